The van der Waals surface area contributed by atoms with Crippen molar-refractivity contribution in [1.29, 1.82) is 0 Å². The number of carboxylic acid groups (broad SMARTS) is 1. The molecule has 2 aliphatic rings. The van der Waals surface area contributed by atoms with E-state index in [1.165, 1.54) is 13.0 Å². The number of nitrogens with zero attached hydrogens (tertiary/aromatic N) is 1. The lowest BCUT2D eigenvalue weighted by atomic mass is 9.79. The Balaban J connectivity index is 2.07. The number of hydrogen-bond donors (Lipinski definition) is 1. The smallest absolute Gasteiger partial charge is 0.479 e. The van der Waals surface area contributed by atoms with Crippen LogP contribution < -0.4 is 0 Å². The van der Waals surface area contributed by atoms with Crippen LogP contribution in [0.2, 0.25) is 0 Å². The standard InChI is InChI=1S/C14H17NO7/c1-4-5-21-14(20)22-7(3)8-9-6(2)11(16)10(13(18)19)15(9)12(8)17/h4,6-10H,1,5H2,2-3H3,(H,18,19)/t6-,7-,8-,9+,10-/m1/s1. The Labute approximate surface area is 126 Å². The van der Waals surface area contributed by atoms with Crippen LogP contribution in [0.1, 0.15) is 13.8 Å². The van der Waals surface area contributed by atoms with Crippen molar-refractivity contribution < 1.29 is 33.8 Å². The van der Waals surface area contributed by atoms with E-state index in [0.717, 1.165) is 4.90 Å². The van der Waals surface area contributed by atoms with Gasteiger partial charge >= 0.3 is 12.1 Å². The summed E-state index contributed by atoms with van der Waals surface area (Å²) in [7, 11) is 0. The van der Waals surface area contributed by atoms with E-state index in [1.807, 2.05) is 0 Å². The zero-order chi connectivity index (χ0) is 16.6. The van der Waals surface area contributed by atoms with E-state index < -0.39 is 53.8 Å². The molecule has 1 N–H and O–H groups in total. The van der Waals surface area contributed by atoms with Crippen LogP contribution in [-0.2, 0) is 23.9 Å². The molecule has 2 fully saturated rings. The Morgan fingerprint density at radius 3 is 2.64 bits per heavy atom. The van der Waals surface area contributed by atoms with E-state index in [2.05, 4.69) is 11.3 Å². The van der Waals surface area contributed by atoms with Crippen LogP contribution >= 0.6 is 0 Å². The second-order valence-electron chi connectivity index (χ2n) is 5.37. The highest BCUT2D eigenvalue weighted by Gasteiger charge is 2.65. The van der Waals surface area contributed by atoms with Crippen LogP contribution in [0.25, 0.3) is 0 Å². The van der Waals surface area contributed by atoms with Gasteiger partial charge in [0.25, 0.3) is 0 Å². The molecule has 8 nitrogen and oxygen atoms in total. The first-order valence-corrected chi connectivity index (χ1v) is 6.84. The molecule has 120 valence electrons. The molecule has 0 saturated carbocycles. The van der Waals surface area contributed by atoms with Gasteiger partial charge in [-0.05, 0) is 6.92 Å². The number of ether oxygens (including phenoxy) is 2. The fraction of sp³-hybridized carbons (Fsp3) is 0.571. The van der Waals surface area contributed by atoms with Gasteiger partial charge in [-0.15, -0.1) is 0 Å². The van der Waals surface area contributed by atoms with Gasteiger partial charge in [-0.25, -0.2) is 9.59 Å². The SMILES string of the molecule is C=CCOC(=O)O[C@H](C)[C@H]1C(=O)N2[C@@H](C(=O)O)C(=O)[C@H](C)[C@@H]12. The molecule has 5 atom stereocenters. The number of carboxylic acids is 1. The summed E-state index contributed by atoms with van der Waals surface area (Å²) >= 11 is 0. The molecular formula is C14H17NO7. The van der Waals surface area contributed by atoms with Crippen LogP contribution in [0.15, 0.2) is 12.7 Å². The molecule has 0 aliphatic carbocycles. The molecule has 0 aromatic heterocycles. The van der Waals surface area contributed by atoms with Gasteiger partial charge in [0, 0.05) is 5.92 Å². The highest BCUT2D eigenvalue weighted by Crippen LogP contribution is 2.43. The summed E-state index contributed by atoms with van der Waals surface area (Å²) in [6.07, 6.45) is -0.378. The van der Waals surface area contributed by atoms with Crippen molar-refractivity contribution in [2.45, 2.75) is 32.0 Å². The first-order chi connectivity index (χ1) is 10.3. The lowest BCUT2D eigenvalue weighted by Crippen LogP contribution is -2.66. The summed E-state index contributed by atoms with van der Waals surface area (Å²) in [4.78, 5) is 47.7. The summed E-state index contributed by atoms with van der Waals surface area (Å²) in [6.45, 7) is 6.46. The number of carbonyl (C=O) groups excluding carboxylic acids is 3. The summed E-state index contributed by atoms with van der Waals surface area (Å²) in [5, 5.41) is 9.08. The van der Waals surface area contributed by atoms with E-state index in [0.29, 0.717) is 0 Å². The highest BCUT2D eigenvalue weighted by molar-refractivity contribution is 6.11. The Morgan fingerprint density at radius 1 is 1.45 bits per heavy atom. The monoisotopic (exact) mass is 311 g/mol. The largest absolute Gasteiger partial charge is 0.508 e. The number of rotatable bonds is 5. The maximum absolute atomic E-state index is 12.1. The van der Waals surface area contributed by atoms with E-state index in [1.54, 1.807) is 6.92 Å². The lowest BCUT2D eigenvalue weighted by Gasteiger charge is -2.46. The number of carbonyl (C=O) groups is 4. The first-order valence-electron chi connectivity index (χ1n) is 6.84. The van der Waals surface area contributed by atoms with Crippen molar-refractivity contribution in [3.8, 4) is 0 Å². The number of Topliss-reactive ketones (excluding diaryl/α,β-unsaturated/α-hetero) is 1. The molecule has 0 radical (unpaired) electrons. The Hall–Kier alpha value is -2.38. The van der Waals surface area contributed by atoms with Gasteiger partial charge in [0.2, 0.25) is 5.91 Å². The molecule has 2 heterocycles. The van der Waals surface area contributed by atoms with Crippen molar-refractivity contribution in [3.05, 3.63) is 12.7 Å². The predicted octanol–water partition coefficient (Wildman–Crippen LogP) is 0.213. The van der Waals surface area contributed by atoms with Gasteiger partial charge in [-0.1, -0.05) is 19.6 Å². The maximum Gasteiger partial charge on any atom is 0.508 e. The van der Waals surface area contributed by atoms with Crippen LogP contribution in [-0.4, -0.2) is 58.6 Å². The molecule has 2 aliphatic heterocycles. The number of aliphatic carboxylic acids is 1. The van der Waals surface area contributed by atoms with Crippen molar-refractivity contribution in [2.24, 2.45) is 11.8 Å². The number of amides is 1. The molecule has 2 saturated heterocycles. The zero-order valence-electron chi connectivity index (χ0n) is 12.2. The summed E-state index contributed by atoms with van der Waals surface area (Å²) in [6, 6.07) is -2.01. The average molecular weight is 311 g/mol. The molecule has 0 unspecified atom stereocenters. The third-order valence-electron chi connectivity index (χ3n) is 4.08. The van der Waals surface area contributed by atoms with Crippen molar-refractivity contribution in [1.82, 2.24) is 4.90 Å². The van der Waals surface area contributed by atoms with Crippen molar-refractivity contribution in [2.75, 3.05) is 6.61 Å². The normalized spacial score (nSPS) is 31.1. The molecule has 0 bridgehead atoms. The van der Waals surface area contributed by atoms with Crippen LogP contribution in [0, 0.1) is 11.8 Å². The van der Waals surface area contributed by atoms with Crippen LogP contribution in [0.5, 0.6) is 0 Å². The molecule has 1 amide bonds. The molecule has 0 aromatic carbocycles. The Morgan fingerprint density at radius 2 is 2.09 bits per heavy atom. The average Bonchev–Trinajstić information content (AvgIpc) is 2.66. The summed E-state index contributed by atoms with van der Waals surface area (Å²) in [5.74, 6) is -3.70. The minimum absolute atomic E-state index is 0.0182. The second kappa shape index (κ2) is 5.78. The van der Waals surface area contributed by atoms with Gasteiger partial charge in [0.05, 0.1) is 12.0 Å². The minimum atomic E-state index is -1.44. The summed E-state index contributed by atoms with van der Waals surface area (Å²) < 4.78 is 9.67. The number of β-lactam (4-membered cyclic amide) rings is 1. The third-order valence-corrected chi connectivity index (χ3v) is 4.08. The van der Waals surface area contributed by atoms with E-state index in [-0.39, 0.29) is 6.61 Å². The van der Waals surface area contributed by atoms with Gasteiger partial charge in [-0.2, -0.15) is 0 Å². The van der Waals surface area contributed by atoms with Gasteiger partial charge in [-0.3, -0.25) is 9.59 Å². The molecule has 0 spiro atoms. The molecule has 8 heteroatoms. The number of hydrogen-bond acceptors (Lipinski definition) is 6. The topological polar surface area (TPSA) is 110 Å². The number of fused-ring (bicyclic) bond motifs is 1. The van der Waals surface area contributed by atoms with Crippen LogP contribution in [0.3, 0.4) is 0 Å². The van der Waals surface area contributed by atoms with Gasteiger partial charge in [0.1, 0.15) is 12.7 Å². The first kappa shape index (κ1) is 16.0. The zero-order valence-corrected chi connectivity index (χ0v) is 12.2. The fourth-order valence-electron chi connectivity index (χ4n) is 3.07. The Bertz CT molecular complexity index is 543. The quantitative estimate of drug-likeness (QED) is 0.334. The molecular weight excluding hydrogens is 294 g/mol. The van der Waals surface area contributed by atoms with E-state index in [4.69, 9.17) is 9.84 Å². The van der Waals surface area contributed by atoms with E-state index >= 15 is 0 Å². The minimum Gasteiger partial charge on any atom is -0.479 e. The van der Waals surface area contributed by atoms with Crippen molar-refractivity contribution >= 4 is 23.8 Å². The third kappa shape index (κ3) is 2.34. The predicted molar refractivity (Wildman–Crippen MR) is 71.8 cm³/mol. The van der Waals surface area contributed by atoms with Crippen LogP contribution in [0.4, 0.5) is 4.79 Å². The molecule has 22 heavy (non-hydrogen) atoms. The molecule has 0 aromatic rings. The number of ketones is 1. The second-order valence-corrected chi connectivity index (χ2v) is 5.37. The Kier molecular flexibility index (Phi) is 4.20. The van der Waals surface area contributed by atoms with Gasteiger partial charge in [0.15, 0.2) is 11.8 Å². The van der Waals surface area contributed by atoms with Gasteiger partial charge < -0.3 is 19.5 Å². The highest BCUT2D eigenvalue weighted by atomic mass is 16.7. The van der Waals surface area contributed by atoms with E-state index in [9.17, 15) is 19.2 Å². The van der Waals surface area contributed by atoms with Crippen molar-refractivity contribution in [3.63, 3.8) is 0 Å². The molecule has 2 rings (SSSR count). The fourth-order valence-corrected chi connectivity index (χ4v) is 3.07. The summed E-state index contributed by atoms with van der Waals surface area (Å²) in [5.41, 5.74) is 0. The maximum atomic E-state index is 12.1. The lowest BCUT2D eigenvalue weighted by molar-refractivity contribution is -0.172.